The van der Waals surface area contributed by atoms with E-state index in [1.807, 2.05) is 6.92 Å². The predicted molar refractivity (Wildman–Crippen MR) is 131 cm³/mol. The summed E-state index contributed by atoms with van der Waals surface area (Å²) >= 11 is 1.43. The molecule has 1 atom stereocenters. The molecule has 33 heavy (non-hydrogen) atoms. The molecule has 0 bridgehead atoms. The molecule has 0 saturated heterocycles. The van der Waals surface area contributed by atoms with Crippen LogP contribution in [0, 0.1) is 12.8 Å². The van der Waals surface area contributed by atoms with E-state index in [1.54, 1.807) is 12.4 Å². The summed E-state index contributed by atoms with van der Waals surface area (Å²) in [6, 6.07) is 8.83. The molecular weight excluding hydrogens is 434 g/mol. The molecule has 6 N–H and O–H groups in total. The molecule has 0 unspecified atom stereocenters. The summed E-state index contributed by atoms with van der Waals surface area (Å²) in [6.45, 7) is 1.92. The van der Waals surface area contributed by atoms with E-state index in [1.165, 1.54) is 22.5 Å². The summed E-state index contributed by atoms with van der Waals surface area (Å²) in [5, 5.41) is 6.95. The number of allylic oxidation sites excluding steroid dienone is 2. The number of anilines is 2. The van der Waals surface area contributed by atoms with Gasteiger partial charge in [0.25, 0.3) is 0 Å². The van der Waals surface area contributed by atoms with Crippen molar-refractivity contribution in [3.63, 3.8) is 0 Å². The molecule has 0 spiro atoms. The van der Waals surface area contributed by atoms with Crippen LogP contribution < -0.4 is 22.1 Å². The van der Waals surface area contributed by atoms with E-state index in [0.29, 0.717) is 47.8 Å². The molecular formula is C24H27N7OS. The molecule has 1 amide bonds. The first-order chi connectivity index (χ1) is 16.0. The van der Waals surface area contributed by atoms with Crippen LogP contribution in [-0.2, 0) is 17.6 Å². The van der Waals surface area contributed by atoms with Gasteiger partial charge in [-0.3, -0.25) is 4.79 Å². The molecule has 2 aromatic heterocycles. The van der Waals surface area contributed by atoms with Gasteiger partial charge < -0.3 is 22.1 Å². The fourth-order valence-corrected chi connectivity index (χ4v) is 5.45. The maximum absolute atomic E-state index is 12.7. The van der Waals surface area contributed by atoms with E-state index >= 15 is 0 Å². The number of hydrogen-bond acceptors (Lipinski definition) is 8. The Bertz CT molecular complexity index is 1190. The molecule has 2 aliphatic rings. The highest BCUT2D eigenvalue weighted by Crippen LogP contribution is 2.33. The molecule has 0 saturated carbocycles. The van der Waals surface area contributed by atoms with Crippen molar-refractivity contribution in [1.29, 1.82) is 0 Å². The SMILES string of the molecule is Cc1nc(NC(=O)[C@H]2CCC(N)=C(N)C2)sc1-c1cnc(NC2Cc3ccccc3C2)nc1. The Morgan fingerprint density at radius 2 is 1.76 bits per heavy atom. The second kappa shape index (κ2) is 8.82. The number of benzene rings is 1. The highest BCUT2D eigenvalue weighted by molar-refractivity contribution is 7.19. The lowest BCUT2D eigenvalue weighted by Gasteiger charge is -2.22. The Labute approximate surface area is 196 Å². The van der Waals surface area contributed by atoms with Gasteiger partial charge in [0.1, 0.15) is 0 Å². The lowest BCUT2D eigenvalue weighted by molar-refractivity contribution is -0.120. The van der Waals surface area contributed by atoms with Crippen molar-refractivity contribution >= 4 is 28.3 Å². The summed E-state index contributed by atoms with van der Waals surface area (Å²) in [4.78, 5) is 27.2. The normalized spacial score (nSPS) is 18.3. The van der Waals surface area contributed by atoms with Crippen molar-refractivity contribution in [1.82, 2.24) is 15.0 Å². The average Bonchev–Trinajstić information content (AvgIpc) is 3.38. The maximum Gasteiger partial charge on any atom is 0.229 e. The fourth-order valence-electron chi connectivity index (χ4n) is 4.50. The number of carbonyl (C=O) groups excluding carboxylic acids is 1. The van der Waals surface area contributed by atoms with Crippen molar-refractivity contribution in [3.05, 3.63) is 64.9 Å². The molecule has 1 aromatic carbocycles. The number of rotatable bonds is 5. The summed E-state index contributed by atoms with van der Waals surface area (Å²) in [6.07, 6.45) is 7.41. The minimum atomic E-state index is -0.180. The molecule has 170 valence electrons. The number of aryl methyl sites for hydroxylation is 1. The van der Waals surface area contributed by atoms with Crippen LogP contribution in [-0.4, -0.2) is 26.9 Å². The number of nitrogens with two attached hydrogens (primary N) is 2. The van der Waals surface area contributed by atoms with Gasteiger partial charge in [0.05, 0.1) is 10.6 Å². The number of aromatic nitrogens is 3. The zero-order valence-electron chi connectivity index (χ0n) is 18.5. The van der Waals surface area contributed by atoms with Gasteiger partial charge in [0.2, 0.25) is 11.9 Å². The number of hydrogen-bond donors (Lipinski definition) is 4. The van der Waals surface area contributed by atoms with Crippen molar-refractivity contribution in [3.8, 4) is 10.4 Å². The number of carbonyl (C=O) groups is 1. The van der Waals surface area contributed by atoms with E-state index in [0.717, 1.165) is 29.0 Å². The minimum Gasteiger partial charge on any atom is -0.401 e. The highest BCUT2D eigenvalue weighted by atomic mass is 32.1. The van der Waals surface area contributed by atoms with Gasteiger partial charge in [0.15, 0.2) is 5.13 Å². The van der Waals surface area contributed by atoms with Crippen LogP contribution in [0.2, 0.25) is 0 Å². The second-order valence-corrected chi connectivity index (χ2v) is 9.73. The molecule has 2 aliphatic carbocycles. The third kappa shape index (κ3) is 4.54. The Balaban J connectivity index is 1.23. The lowest BCUT2D eigenvalue weighted by atomic mass is 9.90. The van der Waals surface area contributed by atoms with Crippen molar-refractivity contribution in [2.24, 2.45) is 17.4 Å². The first kappa shape index (κ1) is 21.4. The predicted octanol–water partition coefficient (Wildman–Crippen LogP) is 3.36. The minimum absolute atomic E-state index is 0.0703. The molecule has 3 aromatic rings. The lowest BCUT2D eigenvalue weighted by Crippen LogP contribution is -2.29. The zero-order chi connectivity index (χ0) is 22.9. The van der Waals surface area contributed by atoms with Crippen LogP contribution in [0.3, 0.4) is 0 Å². The first-order valence-corrected chi connectivity index (χ1v) is 11.9. The first-order valence-electron chi connectivity index (χ1n) is 11.1. The van der Waals surface area contributed by atoms with Crippen LogP contribution in [0.25, 0.3) is 10.4 Å². The van der Waals surface area contributed by atoms with Gasteiger partial charge in [-0.2, -0.15) is 0 Å². The highest BCUT2D eigenvalue weighted by Gasteiger charge is 2.26. The summed E-state index contributed by atoms with van der Waals surface area (Å²) in [5.41, 5.74) is 17.6. The number of amides is 1. The third-order valence-corrected chi connectivity index (χ3v) is 7.46. The topological polar surface area (TPSA) is 132 Å². The number of nitrogens with zero attached hydrogens (tertiary/aromatic N) is 3. The van der Waals surface area contributed by atoms with Crippen molar-refractivity contribution < 1.29 is 4.79 Å². The van der Waals surface area contributed by atoms with Crippen molar-refractivity contribution in [2.45, 2.75) is 45.1 Å². The van der Waals surface area contributed by atoms with E-state index < -0.39 is 0 Å². The number of nitrogens with one attached hydrogen (secondary N) is 2. The van der Waals surface area contributed by atoms with Gasteiger partial charge in [-0.05, 0) is 43.7 Å². The van der Waals surface area contributed by atoms with Gasteiger partial charge in [-0.25, -0.2) is 15.0 Å². The van der Waals surface area contributed by atoms with Crippen LogP contribution >= 0.6 is 11.3 Å². The largest absolute Gasteiger partial charge is 0.401 e. The fraction of sp³-hybridized carbons (Fsp3) is 0.333. The van der Waals surface area contributed by atoms with Crippen LogP contribution in [0.1, 0.15) is 36.1 Å². The second-order valence-electron chi connectivity index (χ2n) is 8.73. The standard InChI is InChI=1S/C24H27N7OS/c1-13-21(33-24(29-13)31-22(32)16-6-7-19(25)20(26)10-16)17-11-27-23(28-12-17)30-18-8-14-4-2-3-5-15(14)9-18/h2-5,11-12,16,18H,6-10,25-26H2,1H3,(H,27,28,30)(H,29,31,32)/t16-/m0/s1. The Morgan fingerprint density at radius 3 is 2.42 bits per heavy atom. The molecule has 0 radical (unpaired) electrons. The van der Waals surface area contributed by atoms with E-state index in [9.17, 15) is 4.79 Å². The smallest absolute Gasteiger partial charge is 0.229 e. The third-order valence-electron chi connectivity index (χ3n) is 6.34. The van der Waals surface area contributed by atoms with Crippen LogP contribution in [0.4, 0.5) is 11.1 Å². The summed E-state index contributed by atoms with van der Waals surface area (Å²) in [7, 11) is 0. The average molecular weight is 462 g/mol. The number of thiazole rings is 1. The molecule has 0 aliphatic heterocycles. The van der Waals surface area contributed by atoms with Gasteiger partial charge in [-0.15, -0.1) is 0 Å². The Kier molecular flexibility index (Phi) is 5.72. The Morgan fingerprint density at radius 1 is 1.06 bits per heavy atom. The number of fused-ring (bicyclic) bond motifs is 1. The molecule has 0 fully saturated rings. The van der Waals surface area contributed by atoms with E-state index in [2.05, 4.69) is 49.9 Å². The van der Waals surface area contributed by atoms with E-state index in [-0.39, 0.29) is 11.8 Å². The molecule has 2 heterocycles. The van der Waals surface area contributed by atoms with Gasteiger partial charge >= 0.3 is 0 Å². The zero-order valence-corrected chi connectivity index (χ0v) is 19.3. The van der Waals surface area contributed by atoms with Gasteiger partial charge in [0, 0.05) is 47.7 Å². The van der Waals surface area contributed by atoms with Crippen LogP contribution in [0.5, 0.6) is 0 Å². The maximum atomic E-state index is 12.7. The van der Waals surface area contributed by atoms with Gasteiger partial charge in [-0.1, -0.05) is 35.6 Å². The summed E-state index contributed by atoms with van der Waals surface area (Å²) in [5.74, 6) is 0.369. The van der Waals surface area contributed by atoms with Crippen molar-refractivity contribution in [2.75, 3.05) is 10.6 Å². The molecule has 5 rings (SSSR count). The molecule has 8 nitrogen and oxygen atoms in total. The Hall–Kier alpha value is -3.46. The monoisotopic (exact) mass is 461 g/mol. The molecule has 9 heteroatoms. The quantitative estimate of drug-likeness (QED) is 0.458. The summed E-state index contributed by atoms with van der Waals surface area (Å²) < 4.78 is 0. The van der Waals surface area contributed by atoms with E-state index in [4.69, 9.17) is 11.5 Å². The van der Waals surface area contributed by atoms with Crippen LogP contribution in [0.15, 0.2) is 48.1 Å².